The molecular formula is C15H22N2O4. The molecule has 6 heteroatoms. The molecule has 0 aliphatic carbocycles. The second-order valence-corrected chi connectivity index (χ2v) is 4.73. The summed E-state index contributed by atoms with van der Waals surface area (Å²) in [7, 11) is 0. The average molecular weight is 294 g/mol. The Morgan fingerprint density at radius 3 is 2.52 bits per heavy atom. The third-order valence-corrected chi connectivity index (χ3v) is 2.99. The highest BCUT2D eigenvalue weighted by Crippen LogP contribution is 2.17. The molecule has 0 bridgehead atoms. The fraction of sp³-hybridized carbons (Fsp3) is 0.467. The van der Waals surface area contributed by atoms with Crippen molar-refractivity contribution in [3.05, 3.63) is 35.9 Å². The van der Waals surface area contributed by atoms with E-state index < -0.39 is 5.97 Å². The quantitative estimate of drug-likeness (QED) is 0.603. The number of benzene rings is 1. The van der Waals surface area contributed by atoms with Crippen molar-refractivity contribution >= 4 is 12.0 Å². The normalized spacial score (nSPS) is 11.7. The van der Waals surface area contributed by atoms with Gasteiger partial charge in [-0.05, 0) is 17.9 Å². The smallest absolute Gasteiger partial charge is 0.329 e. The van der Waals surface area contributed by atoms with Crippen molar-refractivity contribution in [3.63, 3.8) is 0 Å². The van der Waals surface area contributed by atoms with Crippen molar-refractivity contribution < 1.29 is 19.4 Å². The molecule has 1 aromatic rings. The van der Waals surface area contributed by atoms with Crippen molar-refractivity contribution in [1.82, 2.24) is 10.6 Å². The fourth-order valence-corrected chi connectivity index (χ4v) is 1.81. The van der Waals surface area contributed by atoms with Crippen molar-refractivity contribution in [2.75, 3.05) is 26.3 Å². The highest BCUT2D eigenvalue weighted by molar-refractivity contribution is 5.73. The Kier molecular flexibility index (Phi) is 7.89. The van der Waals surface area contributed by atoms with Gasteiger partial charge in [0.25, 0.3) is 0 Å². The molecule has 6 nitrogen and oxygen atoms in total. The lowest BCUT2D eigenvalue weighted by Gasteiger charge is -2.12. The zero-order chi connectivity index (χ0) is 15.5. The molecule has 0 fully saturated rings. The summed E-state index contributed by atoms with van der Waals surface area (Å²) in [4.78, 5) is 21.7. The number of carbonyl (C=O) groups excluding carboxylic acids is 1. The first kappa shape index (κ1) is 17.0. The Bertz CT molecular complexity index is 437. The molecule has 0 aliphatic rings. The average Bonchev–Trinajstić information content (AvgIpc) is 2.47. The van der Waals surface area contributed by atoms with Crippen LogP contribution in [-0.4, -0.2) is 43.4 Å². The molecule has 1 aromatic carbocycles. The van der Waals surface area contributed by atoms with Gasteiger partial charge in [-0.25, -0.2) is 9.59 Å². The standard InChI is InChI=1S/C15H22N2O4/c1-12(13-5-3-2-4-6-13)7-8-16-15(20)17-9-10-21-11-14(18)19/h2-6,12H,7-11H2,1H3,(H,18,19)(H2,16,17,20). The predicted octanol–water partition coefficient (Wildman–Crippen LogP) is 1.58. The van der Waals surface area contributed by atoms with Crippen LogP contribution in [-0.2, 0) is 9.53 Å². The first-order valence-electron chi connectivity index (χ1n) is 6.95. The van der Waals surface area contributed by atoms with Crippen LogP contribution in [0.5, 0.6) is 0 Å². The SMILES string of the molecule is CC(CCNC(=O)NCCOCC(=O)O)c1ccccc1. The number of carboxylic acids is 1. The molecule has 1 rings (SSSR count). The third-order valence-electron chi connectivity index (χ3n) is 2.99. The molecule has 21 heavy (non-hydrogen) atoms. The van der Waals surface area contributed by atoms with Crippen LogP contribution in [0.1, 0.15) is 24.8 Å². The monoisotopic (exact) mass is 294 g/mol. The van der Waals surface area contributed by atoms with Gasteiger partial charge in [0.2, 0.25) is 0 Å². The lowest BCUT2D eigenvalue weighted by atomic mass is 9.98. The van der Waals surface area contributed by atoms with Gasteiger partial charge in [-0.2, -0.15) is 0 Å². The van der Waals surface area contributed by atoms with Gasteiger partial charge in [0.1, 0.15) is 6.61 Å². The van der Waals surface area contributed by atoms with E-state index in [0.717, 1.165) is 6.42 Å². The molecule has 0 radical (unpaired) electrons. The van der Waals surface area contributed by atoms with E-state index >= 15 is 0 Å². The van der Waals surface area contributed by atoms with E-state index in [0.29, 0.717) is 12.5 Å². The van der Waals surface area contributed by atoms with Crippen LogP contribution >= 0.6 is 0 Å². The maximum absolute atomic E-state index is 11.5. The number of urea groups is 1. The third kappa shape index (κ3) is 7.94. The number of nitrogens with one attached hydrogen (secondary N) is 2. The van der Waals surface area contributed by atoms with Crippen molar-refractivity contribution in [3.8, 4) is 0 Å². The van der Waals surface area contributed by atoms with Gasteiger partial charge < -0.3 is 20.5 Å². The molecular weight excluding hydrogens is 272 g/mol. The van der Waals surface area contributed by atoms with Gasteiger partial charge in [-0.1, -0.05) is 37.3 Å². The Balaban J connectivity index is 2.07. The van der Waals surface area contributed by atoms with Gasteiger partial charge in [-0.15, -0.1) is 0 Å². The molecule has 1 unspecified atom stereocenters. The Labute approximate surface area is 124 Å². The topological polar surface area (TPSA) is 87.7 Å². The predicted molar refractivity (Wildman–Crippen MR) is 79.3 cm³/mol. The number of ether oxygens (including phenoxy) is 1. The Morgan fingerprint density at radius 2 is 1.86 bits per heavy atom. The van der Waals surface area contributed by atoms with Gasteiger partial charge in [-0.3, -0.25) is 0 Å². The molecule has 3 N–H and O–H groups in total. The first-order chi connectivity index (χ1) is 10.1. The molecule has 0 saturated carbocycles. The molecule has 1 atom stereocenters. The molecule has 0 aromatic heterocycles. The van der Waals surface area contributed by atoms with Gasteiger partial charge in [0, 0.05) is 13.1 Å². The summed E-state index contributed by atoms with van der Waals surface area (Å²) in [5.74, 6) is -0.639. The highest BCUT2D eigenvalue weighted by Gasteiger charge is 2.06. The van der Waals surface area contributed by atoms with Crippen molar-refractivity contribution in [2.24, 2.45) is 0 Å². The fourth-order valence-electron chi connectivity index (χ4n) is 1.81. The second-order valence-electron chi connectivity index (χ2n) is 4.73. The summed E-state index contributed by atoms with van der Waals surface area (Å²) < 4.78 is 4.80. The van der Waals surface area contributed by atoms with E-state index in [1.807, 2.05) is 18.2 Å². The minimum Gasteiger partial charge on any atom is -0.480 e. The second kappa shape index (κ2) is 9.77. The molecule has 2 amide bonds. The van der Waals surface area contributed by atoms with Gasteiger partial charge in [0.15, 0.2) is 0 Å². The van der Waals surface area contributed by atoms with Crippen LogP contribution in [0.15, 0.2) is 30.3 Å². The first-order valence-corrected chi connectivity index (χ1v) is 6.95. The molecule has 0 aliphatic heterocycles. The van der Waals surface area contributed by atoms with Crippen LogP contribution in [0.4, 0.5) is 4.79 Å². The van der Waals surface area contributed by atoms with Crippen LogP contribution < -0.4 is 10.6 Å². The summed E-state index contributed by atoms with van der Waals surface area (Å²) in [5.41, 5.74) is 1.25. The number of carbonyl (C=O) groups is 2. The van der Waals surface area contributed by atoms with Gasteiger partial charge >= 0.3 is 12.0 Å². The Hall–Kier alpha value is -2.08. The summed E-state index contributed by atoms with van der Waals surface area (Å²) in [6.07, 6.45) is 0.854. The molecule has 0 spiro atoms. The maximum Gasteiger partial charge on any atom is 0.329 e. The number of amides is 2. The molecule has 0 heterocycles. The molecule has 116 valence electrons. The lowest BCUT2D eigenvalue weighted by Crippen LogP contribution is -2.38. The van der Waals surface area contributed by atoms with Crippen LogP contribution in [0.25, 0.3) is 0 Å². The highest BCUT2D eigenvalue weighted by atomic mass is 16.5. The van der Waals surface area contributed by atoms with Crippen LogP contribution in [0.3, 0.4) is 0 Å². The number of aliphatic carboxylic acids is 1. The minimum absolute atomic E-state index is 0.181. The van der Waals surface area contributed by atoms with Crippen LogP contribution in [0.2, 0.25) is 0 Å². The van der Waals surface area contributed by atoms with Crippen molar-refractivity contribution in [1.29, 1.82) is 0 Å². The largest absolute Gasteiger partial charge is 0.480 e. The van der Waals surface area contributed by atoms with E-state index in [1.165, 1.54) is 5.56 Å². The summed E-state index contributed by atoms with van der Waals surface area (Å²) in [6, 6.07) is 9.87. The van der Waals surface area contributed by atoms with E-state index in [-0.39, 0.29) is 25.8 Å². The van der Waals surface area contributed by atoms with E-state index in [2.05, 4.69) is 29.7 Å². The zero-order valence-electron chi connectivity index (χ0n) is 12.2. The maximum atomic E-state index is 11.5. The van der Waals surface area contributed by atoms with Crippen molar-refractivity contribution in [2.45, 2.75) is 19.3 Å². The van der Waals surface area contributed by atoms with E-state index in [4.69, 9.17) is 9.84 Å². The minimum atomic E-state index is -1.02. The van der Waals surface area contributed by atoms with Gasteiger partial charge in [0.05, 0.1) is 6.61 Å². The van der Waals surface area contributed by atoms with E-state index in [9.17, 15) is 9.59 Å². The van der Waals surface area contributed by atoms with Crippen LogP contribution in [0, 0.1) is 0 Å². The number of hydrogen-bond acceptors (Lipinski definition) is 3. The lowest BCUT2D eigenvalue weighted by molar-refractivity contribution is -0.142. The summed E-state index contributed by atoms with van der Waals surface area (Å²) in [6.45, 7) is 2.82. The summed E-state index contributed by atoms with van der Waals surface area (Å²) >= 11 is 0. The summed E-state index contributed by atoms with van der Waals surface area (Å²) in [5, 5.41) is 13.7. The number of rotatable bonds is 9. The Morgan fingerprint density at radius 1 is 1.19 bits per heavy atom. The molecule has 0 saturated heterocycles. The van der Waals surface area contributed by atoms with E-state index in [1.54, 1.807) is 0 Å². The number of carboxylic acid groups (broad SMARTS) is 1. The zero-order valence-corrected chi connectivity index (χ0v) is 12.2. The number of hydrogen-bond donors (Lipinski definition) is 3.